The molecule has 0 unspecified atom stereocenters. The van der Waals surface area contributed by atoms with Gasteiger partial charge in [-0.2, -0.15) is 5.10 Å². The summed E-state index contributed by atoms with van der Waals surface area (Å²) in [5.74, 6) is 0.679. The Bertz CT molecular complexity index is 638. The van der Waals surface area contributed by atoms with E-state index >= 15 is 0 Å². The molecular formula is C15H20N6. The minimum Gasteiger partial charge on any atom is -0.384 e. The van der Waals surface area contributed by atoms with Gasteiger partial charge in [0, 0.05) is 25.5 Å². The summed E-state index contributed by atoms with van der Waals surface area (Å²) >= 11 is 0. The standard InChI is InChI=1S/C15H20N6/c1-4-21(9-12-5-7-18-8-6-12)15-13(14(16)17)10(2)11(3)19-20-15/h5-8H,4,9H2,1-3H3,(H3,16,17). The van der Waals surface area contributed by atoms with Crippen LogP contribution >= 0.6 is 0 Å². The number of aryl methyl sites for hydroxylation is 1. The Balaban J connectivity index is 2.43. The third-order valence-electron chi connectivity index (χ3n) is 3.51. The number of nitrogen functional groups attached to an aromatic ring is 1. The zero-order valence-electron chi connectivity index (χ0n) is 12.6. The van der Waals surface area contributed by atoms with Crippen molar-refractivity contribution in [2.45, 2.75) is 27.3 Å². The minimum absolute atomic E-state index is 0.0219. The molecule has 2 rings (SSSR count). The van der Waals surface area contributed by atoms with E-state index in [0.29, 0.717) is 17.9 Å². The largest absolute Gasteiger partial charge is 0.384 e. The van der Waals surface area contributed by atoms with Crippen molar-refractivity contribution in [1.29, 1.82) is 5.41 Å². The monoisotopic (exact) mass is 284 g/mol. The van der Waals surface area contributed by atoms with Gasteiger partial charge in [0.15, 0.2) is 5.82 Å². The van der Waals surface area contributed by atoms with Crippen LogP contribution in [-0.4, -0.2) is 27.6 Å². The molecule has 0 atom stereocenters. The van der Waals surface area contributed by atoms with E-state index in [9.17, 15) is 0 Å². The van der Waals surface area contributed by atoms with Gasteiger partial charge in [-0.1, -0.05) is 0 Å². The number of hydrogen-bond donors (Lipinski definition) is 2. The SMILES string of the molecule is CCN(Cc1ccncc1)c1nnc(C)c(C)c1C(=N)N. The fourth-order valence-electron chi connectivity index (χ4n) is 2.18. The first kappa shape index (κ1) is 14.9. The molecule has 0 saturated carbocycles. The van der Waals surface area contributed by atoms with E-state index in [2.05, 4.69) is 20.1 Å². The predicted octanol–water partition coefficient (Wildman–Crippen LogP) is 1.80. The van der Waals surface area contributed by atoms with Crippen LogP contribution in [0.3, 0.4) is 0 Å². The van der Waals surface area contributed by atoms with Gasteiger partial charge in [-0.3, -0.25) is 10.4 Å². The van der Waals surface area contributed by atoms with Gasteiger partial charge in [0.1, 0.15) is 5.84 Å². The van der Waals surface area contributed by atoms with E-state index in [1.807, 2.05) is 32.9 Å². The first-order valence-electron chi connectivity index (χ1n) is 6.86. The fraction of sp³-hybridized carbons (Fsp3) is 0.333. The Morgan fingerprint density at radius 2 is 1.90 bits per heavy atom. The van der Waals surface area contributed by atoms with E-state index in [1.165, 1.54) is 0 Å². The van der Waals surface area contributed by atoms with Gasteiger partial charge in [-0.25, -0.2) is 0 Å². The lowest BCUT2D eigenvalue weighted by Crippen LogP contribution is -2.28. The molecule has 3 N–H and O–H groups in total. The molecule has 0 radical (unpaired) electrons. The van der Waals surface area contributed by atoms with E-state index in [-0.39, 0.29) is 5.84 Å². The quantitative estimate of drug-likeness (QED) is 0.645. The molecule has 2 heterocycles. The zero-order valence-corrected chi connectivity index (χ0v) is 12.6. The molecule has 2 aromatic rings. The van der Waals surface area contributed by atoms with Gasteiger partial charge in [0.05, 0.1) is 11.3 Å². The number of nitrogens with two attached hydrogens (primary N) is 1. The molecule has 0 aliphatic rings. The van der Waals surface area contributed by atoms with Crippen LogP contribution in [0.25, 0.3) is 0 Å². The lowest BCUT2D eigenvalue weighted by atomic mass is 10.1. The van der Waals surface area contributed by atoms with Crippen molar-refractivity contribution in [3.05, 3.63) is 46.9 Å². The Kier molecular flexibility index (Phi) is 4.47. The highest BCUT2D eigenvalue weighted by Crippen LogP contribution is 2.23. The first-order valence-corrected chi connectivity index (χ1v) is 6.86. The van der Waals surface area contributed by atoms with Crippen molar-refractivity contribution >= 4 is 11.7 Å². The molecule has 6 heteroatoms. The molecule has 0 spiro atoms. The van der Waals surface area contributed by atoms with E-state index in [1.54, 1.807) is 12.4 Å². The Labute approximate surface area is 124 Å². The molecule has 6 nitrogen and oxygen atoms in total. The summed E-state index contributed by atoms with van der Waals surface area (Å²) in [5, 5.41) is 16.3. The van der Waals surface area contributed by atoms with Crippen LogP contribution in [0, 0.1) is 19.3 Å². The van der Waals surface area contributed by atoms with Crippen LogP contribution in [0.1, 0.15) is 29.3 Å². The lowest BCUT2D eigenvalue weighted by Gasteiger charge is -2.24. The van der Waals surface area contributed by atoms with Gasteiger partial charge in [0.25, 0.3) is 0 Å². The van der Waals surface area contributed by atoms with Crippen LogP contribution in [-0.2, 0) is 6.54 Å². The molecular weight excluding hydrogens is 264 g/mol. The van der Waals surface area contributed by atoms with Crippen LogP contribution in [0.2, 0.25) is 0 Å². The highest BCUT2D eigenvalue weighted by molar-refractivity contribution is 6.01. The third-order valence-corrected chi connectivity index (χ3v) is 3.51. The molecule has 0 fully saturated rings. The molecule has 0 bridgehead atoms. The van der Waals surface area contributed by atoms with Crippen molar-refractivity contribution in [1.82, 2.24) is 15.2 Å². The lowest BCUT2D eigenvalue weighted by molar-refractivity contribution is 0.785. The van der Waals surface area contributed by atoms with Crippen molar-refractivity contribution < 1.29 is 0 Å². The second-order valence-corrected chi connectivity index (χ2v) is 4.89. The number of amidine groups is 1. The van der Waals surface area contributed by atoms with Crippen LogP contribution in [0.5, 0.6) is 0 Å². The van der Waals surface area contributed by atoms with Crippen molar-refractivity contribution in [3.63, 3.8) is 0 Å². The normalized spacial score (nSPS) is 10.4. The maximum Gasteiger partial charge on any atom is 0.162 e. The Morgan fingerprint density at radius 1 is 1.24 bits per heavy atom. The van der Waals surface area contributed by atoms with Crippen molar-refractivity contribution in [3.8, 4) is 0 Å². The number of aromatic nitrogens is 3. The van der Waals surface area contributed by atoms with Crippen LogP contribution < -0.4 is 10.6 Å². The van der Waals surface area contributed by atoms with E-state index in [0.717, 1.165) is 23.4 Å². The molecule has 110 valence electrons. The number of hydrogen-bond acceptors (Lipinski definition) is 5. The van der Waals surface area contributed by atoms with Gasteiger partial charge >= 0.3 is 0 Å². The molecule has 2 aromatic heterocycles. The van der Waals surface area contributed by atoms with Crippen LogP contribution in [0.15, 0.2) is 24.5 Å². The van der Waals surface area contributed by atoms with Gasteiger partial charge in [-0.05, 0) is 44.0 Å². The average Bonchev–Trinajstić information content (AvgIpc) is 2.48. The van der Waals surface area contributed by atoms with Gasteiger partial charge in [-0.15, -0.1) is 5.10 Å². The third kappa shape index (κ3) is 3.16. The maximum absolute atomic E-state index is 7.84. The summed E-state index contributed by atoms with van der Waals surface area (Å²) in [6.45, 7) is 7.26. The Hall–Kier alpha value is -2.50. The maximum atomic E-state index is 7.84. The highest BCUT2D eigenvalue weighted by atomic mass is 15.3. The zero-order chi connectivity index (χ0) is 15.4. The number of anilines is 1. The summed E-state index contributed by atoms with van der Waals surface area (Å²) in [7, 11) is 0. The van der Waals surface area contributed by atoms with E-state index < -0.39 is 0 Å². The van der Waals surface area contributed by atoms with Gasteiger partial charge < -0.3 is 10.6 Å². The summed E-state index contributed by atoms with van der Waals surface area (Å²) in [5.41, 5.74) is 9.24. The number of pyridine rings is 1. The molecule has 21 heavy (non-hydrogen) atoms. The first-order chi connectivity index (χ1) is 10.0. The van der Waals surface area contributed by atoms with Crippen LogP contribution in [0.4, 0.5) is 5.82 Å². The summed E-state index contributed by atoms with van der Waals surface area (Å²) in [4.78, 5) is 6.08. The molecule has 0 aromatic carbocycles. The number of nitrogens with zero attached hydrogens (tertiary/aromatic N) is 4. The minimum atomic E-state index is 0.0219. The molecule has 0 amide bonds. The fourth-order valence-corrected chi connectivity index (χ4v) is 2.18. The average molecular weight is 284 g/mol. The number of nitrogens with one attached hydrogen (secondary N) is 1. The summed E-state index contributed by atoms with van der Waals surface area (Å²) in [6, 6.07) is 3.93. The second kappa shape index (κ2) is 6.30. The van der Waals surface area contributed by atoms with Crippen molar-refractivity contribution in [2.75, 3.05) is 11.4 Å². The van der Waals surface area contributed by atoms with Crippen molar-refractivity contribution in [2.24, 2.45) is 5.73 Å². The second-order valence-electron chi connectivity index (χ2n) is 4.89. The van der Waals surface area contributed by atoms with E-state index in [4.69, 9.17) is 11.1 Å². The smallest absolute Gasteiger partial charge is 0.162 e. The molecule has 0 saturated heterocycles. The van der Waals surface area contributed by atoms with Gasteiger partial charge in [0.2, 0.25) is 0 Å². The molecule has 0 aliphatic carbocycles. The highest BCUT2D eigenvalue weighted by Gasteiger charge is 2.18. The Morgan fingerprint density at radius 3 is 2.48 bits per heavy atom. The summed E-state index contributed by atoms with van der Waals surface area (Å²) in [6.07, 6.45) is 3.53. The molecule has 0 aliphatic heterocycles. The number of rotatable bonds is 5. The summed E-state index contributed by atoms with van der Waals surface area (Å²) < 4.78 is 0. The topological polar surface area (TPSA) is 91.8 Å². The predicted molar refractivity (Wildman–Crippen MR) is 83.5 cm³/mol.